The van der Waals surface area contributed by atoms with Gasteiger partial charge in [-0.05, 0) is 90.9 Å². The van der Waals surface area contributed by atoms with Crippen molar-refractivity contribution in [2.75, 3.05) is 6.61 Å². The van der Waals surface area contributed by atoms with E-state index < -0.39 is 23.4 Å². The molecule has 1 heterocycles. The van der Waals surface area contributed by atoms with E-state index in [4.69, 9.17) is 4.74 Å². The van der Waals surface area contributed by atoms with Gasteiger partial charge in [0.15, 0.2) is 0 Å². The largest absolute Gasteiger partial charge is 0.494 e. The third-order valence-electron chi connectivity index (χ3n) is 7.75. The molecule has 0 saturated heterocycles. The molecule has 0 atom stereocenters. The quantitative estimate of drug-likeness (QED) is 0.155. The number of hydrogen-bond donors (Lipinski definition) is 1. The summed E-state index contributed by atoms with van der Waals surface area (Å²) in [7, 11) is 0. The summed E-state index contributed by atoms with van der Waals surface area (Å²) >= 11 is 0. The Hall–Kier alpha value is -5.12. The lowest BCUT2D eigenvalue weighted by molar-refractivity contribution is -0.138. The van der Waals surface area contributed by atoms with Crippen molar-refractivity contribution >= 4 is 5.97 Å². The molecule has 1 aromatic heterocycles. The zero-order valence-corrected chi connectivity index (χ0v) is 25.6. The van der Waals surface area contributed by atoms with Crippen molar-refractivity contribution in [3.05, 3.63) is 130 Å². The van der Waals surface area contributed by atoms with Crippen LogP contribution in [0.5, 0.6) is 5.75 Å². The van der Waals surface area contributed by atoms with Gasteiger partial charge in [0, 0.05) is 12.0 Å². The summed E-state index contributed by atoms with van der Waals surface area (Å²) in [5.74, 6) is 0.148. The van der Waals surface area contributed by atoms with Crippen molar-refractivity contribution in [3.63, 3.8) is 0 Å². The molecular weight excluding hydrogens is 595 g/mol. The first kappa shape index (κ1) is 32.3. The molecule has 10 heteroatoms. The summed E-state index contributed by atoms with van der Waals surface area (Å²) in [4.78, 5) is 25.1. The molecule has 0 fully saturated rings. The molecule has 0 bridgehead atoms. The number of benzene rings is 4. The molecule has 46 heavy (non-hydrogen) atoms. The number of aliphatic carboxylic acids is 1. The SMILES string of the molecule is CCOc1ccc(-c2ccc(CCCc3nn(-c4ccc(C(F)(F)F)cc4)c(=O)n3-c3ccccc3CC)cc2)cc1CC(=O)O. The Balaban J connectivity index is 1.37. The van der Waals surface area contributed by atoms with Gasteiger partial charge in [-0.15, -0.1) is 5.10 Å². The highest BCUT2D eigenvalue weighted by Gasteiger charge is 2.30. The summed E-state index contributed by atoms with van der Waals surface area (Å²) in [6.45, 7) is 4.29. The maximum absolute atomic E-state index is 13.7. The smallest absolute Gasteiger partial charge is 0.416 e. The van der Waals surface area contributed by atoms with Crippen LogP contribution in [0.25, 0.3) is 22.5 Å². The second kappa shape index (κ2) is 13.9. The van der Waals surface area contributed by atoms with Gasteiger partial charge in [-0.2, -0.15) is 17.9 Å². The Morgan fingerprint density at radius 3 is 2.22 bits per heavy atom. The number of aromatic nitrogens is 3. The van der Waals surface area contributed by atoms with Crippen LogP contribution in [0.1, 0.15) is 48.3 Å². The lowest BCUT2D eigenvalue weighted by atomic mass is 9.98. The fourth-order valence-corrected chi connectivity index (χ4v) is 5.47. The lowest BCUT2D eigenvalue weighted by Gasteiger charge is -2.12. The standard InChI is InChI=1S/C36H34F3N3O4/c1-3-25-9-5-6-10-31(25)41-33(40-42(35(41)45)30-19-17-29(18-20-30)36(37,38)39)11-7-8-24-12-14-26(15-13-24)27-16-21-32(46-4-2)28(22-27)23-34(43)44/h5-6,9-10,12-22H,3-4,7-8,11,23H2,1-2H3,(H,43,44). The molecule has 0 aliphatic heterocycles. The highest BCUT2D eigenvalue weighted by atomic mass is 19.4. The number of carboxylic acid groups (broad SMARTS) is 1. The Kier molecular flexibility index (Phi) is 9.75. The van der Waals surface area contributed by atoms with E-state index in [1.54, 1.807) is 10.6 Å². The second-order valence-corrected chi connectivity index (χ2v) is 10.8. The maximum Gasteiger partial charge on any atom is 0.416 e. The van der Waals surface area contributed by atoms with Crippen LogP contribution < -0.4 is 10.4 Å². The third-order valence-corrected chi connectivity index (χ3v) is 7.75. The molecule has 1 N–H and O–H groups in total. The number of rotatable bonds is 12. The maximum atomic E-state index is 13.7. The molecule has 0 aliphatic carbocycles. The summed E-state index contributed by atoms with van der Waals surface area (Å²) in [6, 6.07) is 25.5. The Bertz CT molecular complexity index is 1880. The van der Waals surface area contributed by atoms with Gasteiger partial charge in [-0.3, -0.25) is 4.79 Å². The van der Waals surface area contributed by atoms with Gasteiger partial charge in [0.25, 0.3) is 0 Å². The van der Waals surface area contributed by atoms with Crippen LogP contribution in [-0.4, -0.2) is 32.0 Å². The van der Waals surface area contributed by atoms with Crippen molar-refractivity contribution in [2.24, 2.45) is 0 Å². The third kappa shape index (κ3) is 7.22. The number of hydrogen-bond acceptors (Lipinski definition) is 4. The van der Waals surface area contributed by atoms with Crippen LogP contribution in [0.2, 0.25) is 0 Å². The highest BCUT2D eigenvalue weighted by molar-refractivity contribution is 5.74. The minimum Gasteiger partial charge on any atom is -0.494 e. The van der Waals surface area contributed by atoms with Gasteiger partial charge >= 0.3 is 17.8 Å². The van der Waals surface area contributed by atoms with E-state index in [0.29, 0.717) is 55.1 Å². The number of carbonyl (C=O) groups is 1. The molecule has 4 aromatic carbocycles. The molecule has 5 rings (SSSR count). The number of alkyl halides is 3. The number of aryl methyl sites for hydroxylation is 3. The van der Waals surface area contributed by atoms with Crippen molar-refractivity contribution in [1.29, 1.82) is 0 Å². The van der Waals surface area contributed by atoms with E-state index in [1.165, 1.54) is 12.1 Å². The van der Waals surface area contributed by atoms with Gasteiger partial charge in [0.2, 0.25) is 0 Å². The van der Waals surface area contributed by atoms with Gasteiger partial charge in [0.1, 0.15) is 11.6 Å². The molecule has 0 amide bonds. The zero-order valence-electron chi connectivity index (χ0n) is 25.6. The molecule has 0 aliphatic rings. The number of nitrogens with zero attached hydrogens (tertiary/aromatic N) is 3. The van der Waals surface area contributed by atoms with E-state index >= 15 is 0 Å². The van der Waals surface area contributed by atoms with Crippen LogP contribution in [0.3, 0.4) is 0 Å². The molecule has 238 valence electrons. The predicted molar refractivity (Wildman–Crippen MR) is 170 cm³/mol. The van der Waals surface area contributed by atoms with Crippen LogP contribution in [0.15, 0.2) is 95.8 Å². The van der Waals surface area contributed by atoms with Crippen molar-refractivity contribution in [1.82, 2.24) is 14.3 Å². The summed E-state index contributed by atoms with van der Waals surface area (Å²) < 4.78 is 47.8. The Morgan fingerprint density at radius 2 is 1.57 bits per heavy atom. The predicted octanol–water partition coefficient (Wildman–Crippen LogP) is 7.47. The molecule has 0 spiro atoms. The van der Waals surface area contributed by atoms with Gasteiger partial charge < -0.3 is 9.84 Å². The highest BCUT2D eigenvalue weighted by Crippen LogP contribution is 2.30. The summed E-state index contributed by atoms with van der Waals surface area (Å²) in [5, 5.41) is 13.9. The van der Waals surface area contributed by atoms with Crippen molar-refractivity contribution < 1.29 is 27.8 Å². The topological polar surface area (TPSA) is 86.4 Å². The number of carboxylic acids is 1. The van der Waals surface area contributed by atoms with E-state index in [-0.39, 0.29) is 12.1 Å². The van der Waals surface area contributed by atoms with Crippen molar-refractivity contribution in [2.45, 2.75) is 52.1 Å². The zero-order chi connectivity index (χ0) is 32.8. The molecule has 7 nitrogen and oxygen atoms in total. The second-order valence-electron chi connectivity index (χ2n) is 10.8. The van der Waals surface area contributed by atoms with Gasteiger partial charge in [-0.1, -0.05) is 55.5 Å². The Labute approximate surface area is 264 Å². The number of ether oxygens (including phenoxy) is 1. The van der Waals surface area contributed by atoms with E-state index in [2.05, 4.69) is 5.10 Å². The monoisotopic (exact) mass is 629 g/mol. The van der Waals surface area contributed by atoms with Crippen LogP contribution >= 0.6 is 0 Å². The first-order valence-corrected chi connectivity index (χ1v) is 15.1. The minimum absolute atomic E-state index is 0.135. The molecule has 0 radical (unpaired) electrons. The molecule has 5 aromatic rings. The van der Waals surface area contributed by atoms with Crippen LogP contribution in [0.4, 0.5) is 13.2 Å². The van der Waals surface area contributed by atoms with Crippen molar-refractivity contribution in [3.8, 4) is 28.3 Å². The lowest BCUT2D eigenvalue weighted by Crippen LogP contribution is -2.24. The van der Waals surface area contributed by atoms with E-state index in [9.17, 15) is 27.9 Å². The van der Waals surface area contributed by atoms with Crippen LogP contribution in [-0.2, 0) is 36.7 Å². The Morgan fingerprint density at radius 1 is 0.870 bits per heavy atom. The number of halogens is 3. The average molecular weight is 630 g/mol. The molecule has 0 saturated carbocycles. The van der Waals surface area contributed by atoms with Crippen LogP contribution in [0, 0.1) is 0 Å². The normalized spacial score (nSPS) is 11.5. The first-order valence-electron chi connectivity index (χ1n) is 15.1. The number of para-hydroxylation sites is 1. The summed E-state index contributed by atoms with van der Waals surface area (Å²) in [5.41, 5.74) is 4.18. The van der Waals surface area contributed by atoms with Gasteiger partial charge in [0.05, 0.1) is 30.0 Å². The van der Waals surface area contributed by atoms with E-state index in [0.717, 1.165) is 39.1 Å². The summed E-state index contributed by atoms with van der Waals surface area (Å²) in [6.07, 6.45) is -2.10. The minimum atomic E-state index is -4.48. The fraction of sp³-hybridized carbons (Fsp3) is 0.250. The molecular formula is C36H34F3N3O4. The van der Waals surface area contributed by atoms with Gasteiger partial charge in [-0.25, -0.2) is 9.36 Å². The molecule has 0 unspecified atom stereocenters. The first-order chi connectivity index (χ1) is 22.1. The average Bonchev–Trinajstić information content (AvgIpc) is 3.37. The fourth-order valence-electron chi connectivity index (χ4n) is 5.47. The van der Waals surface area contributed by atoms with E-state index in [1.807, 2.05) is 74.5 Å².